The third-order valence-electron chi connectivity index (χ3n) is 9.55. The van der Waals surface area contributed by atoms with Crippen molar-refractivity contribution in [1.82, 2.24) is 34.6 Å². The first-order valence-corrected chi connectivity index (χ1v) is 18.4. The number of esters is 1. The molecule has 6 rings (SSSR count). The van der Waals surface area contributed by atoms with Gasteiger partial charge in [-0.2, -0.15) is 13.2 Å². The summed E-state index contributed by atoms with van der Waals surface area (Å²) >= 11 is 0.804. The van der Waals surface area contributed by atoms with Crippen molar-refractivity contribution in [2.24, 2.45) is 5.92 Å². The van der Waals surface area contributed by atoms with Gasteiger partial charge in [-0.25, -0.2) is 19.6 Å². The summed E-state index contributed by atoms with van der Waals surface area (Å²) in [6, 6.07) is 6.12. The first-order chi connectivity index (χ1) is 24.9. The molecule has 2 fully saturated rings. The summed E-state index contributed by atoms with van der Waals surface area (Å²) in [6.07, 6.45) is -0.668. The molecule has 0 bridgehead atoms. The van der Waals surface area contributed by atoms with Crippen LogP contribution in [0, 0.1) is 5.92 Å². The van der Waals surface area contributed by atoms with E-state index < -0.39 is 29.3 Å². The van der Waals surface area contributed by atoms with E-state index in [0.29, 0.717) is 35.7 Å². The smallest absolute Gasteiger partial charge is 0.434 e. The predicted molar refractivity (Wildman–Crippen MR) is 195 cm³/mol. The van der Waals surface area contributed by atoms with Crippen LogP contribution in [0.25, 0.3) is 32.6 Å². The predicted octanol–water partition coefficient (Wildman–Crippen LogP) is 5.09. The Bertz CT molecular complexity index is 1980. The summed E-state index contributed by atoms with van der Waals surface area (Å²) in [5.74, 6) is -0.323. The van der Waals surface area contributed by atoms with Crippen LogP contribution in [0.1, 0.15) is 36.3 Å². The number of alkyl halides is 3. The number of rotatable bonds is 11. The Balaban J connectivity index is 1.34. The summed E-state index contributed by atoms with van der Waals surface area (Å²) in [5.41, 5.74) is 0.130. The average molecular weight is 741 g/mol. The van der Waals surface area contributed by atoms with Gasteiger partial charge in [0, 0.05) is 93.2 Å². The molecule has 0 radical (unpaired) electrons. The van der Waals surface area contributed by atoms with Gasteiger partial charge in [0.2, 0.25) is 5.43 Å². The van der Waals surface area contributed by atoms with Gasteiger partial charge in [0.05, 0.1) is 12.1 Å². The third-order valence-corrected chi connectivity index (χ3v) is 10.4. The number of benzene rings is 1. The molecule has 2 amide bonds. The zero-order valence-corrected chi connectivity index (χ0v) is 30.3. The zero-order chi connectivity index (χ0) is 37.0. The van der Waals surface area contributed by atoms with Crippen LogP contribution in [-0.2, 0) is 17.5 Å². The lowest BCUT2D eigenvalue weighted by atomic mass is 9.99. The number of carbonyl (C=O) groups is 2. The first-order valence-electron chi connectivity index (χ1n) is 17.5. The molecule has 52 heavy (non-hydrogen) atoms. The number of fused-ring (bicyclic) bond motifs is 1. The Morgan fingerprint density at radius 2 is 1.81 bits per heavy atom. The number of piperazine rings is 1. The fourth-order valence-electron chi connectivity index (χ4n) is 6.75. The molecule has 3 aromatic heterocycles. The van der Waals surface area contributed by atoms with Crippen molar-refractivity contribution in [2.45, 2.75) is 33.0 Å². The van der Waals surface area contributed by atoms with Gasteiger partial charge >= 0.3 is 18.2 Å². The molecule has 4 aromatic rings. The average Bonchev–Trinajstić information content (AvgIpc) is 3.80. The maximum absolute atomic E-state index is 13.9. The van der Waals surface area contributed by atoms with Crippen LogP contribution in [0.3, 0.4) is 0 Å². The van der Waals surface area contributed by atoms with Gasteiger partial charge in [0.25, 0.3) is 0 Å². The fourth-order valence-corrected chi connectivity index (χ4v) is 7.60. The lowest BCUT2D eigenvalue weighted by Crippen LogP contribution is -2.46. The number of anilines is 1. The van der Waals surface area contributed by atoms with Crippen molar-refractivity contribution < 1.29 is 27.5 Å². The maximum Gasteiger partial charge on any atom is 0.434 e. The molecule has 5 heterocycles. The number of ether oxygens (including phenoxy) is 1. The molecule has 16 heteroatoms. The highest BCUT2D eigenvalue weighted by Crippen LogP contribution is 2.39. The second kappa shape index (κ2) is 16.1. The molecule has 12 nitrogen and oxygen atoms in total. The highest BCUT2D eigenvalue weighted by molar-refractivity contribution is 7.13. The number of likely N-dealkylation sites (tertiary alicyclic amines) is 1. The van der Waals surface area contributed by atoms with Crippen LogP contribution in [0.5, 0.6) is 0 Å². The lowest BCUT2D eigenvalue weighted by Gasteiger charge is -2.33. The molecule has 2 aliphatic rings. The fraction of sp³-hybridized carbons (Fsp3) is 0.472. The number of halogens is 3. The SMILES string of the molecule is CCNC(=O)Nc1cc(-c2nc(C(F)(F)F)cs2)c(-c2ccc3c(c2)c(=O)c(C(=O)OCC)cn3CC2CCN(CCN3CCN(C)CC3)C2)cn1. The van der Waals surface area contributed by atoms with Crippen molar-refractivity contribution in [2.75, 3.05) is 77.9 Å². The molecule has 278 valence electrons. The molecule has 2 N–H and O–H groups in total. The number of hydrogen-bond acceptors (Lipinski definition) is 10. The van der Waals surface area contributed by atoms with Gasteiger partial charge in [-0.3, -0.25) is 15.0 Å². The number of thiazole rings is 1. The number of nitrogens with one attached hydrogen (secondary N) is 2. The lowest BCUT2D eigenvalue weighted by molar-refractivity contribution is -0.140. The number of amides is 2. The van der Waals surface area contributed by atoms with E-state index in [9.17, 15) is 27.6 Å². The molecule has 2 aliphatic heterocycles. The van der Waals surface area contributed by atoms with Crippen molar-refractivity contribution in [1.29, 1.82) is 0 Å². The van der Waals surface area contributed by atoms with Gasteiger partial charge in [-0.1, -0.05) is 6.07 Å². The molecule has 2 saturated heterocycles. The Hall–Kier alpha value is -4.38. The number of hydrogen-bond donors (Lipinski definition) is 2. The van der Waals surface area contributed by atoms with Crippen LogP contribution in [-0.4, -0.2) is 114 Å². The molecule has 1 unspecified atom stereocenters. The van der Waals surface area contributed by atoms with Crippen LogP contribution in [0.2, 0.25) is 0 Å². The summed E-state index contributed by atoms with van der Waals surface area (Å²) in [4.78, 5) is 54.7. The second-order valence-electron chi connectivity index (χ2n) is 13.2. The Kier molecular flexibility index (Phi) is 11.6. The van der Waals surface area contributed by atoms with E-state index in [0.717, 1.165) is 75.5 Å². The minimum atomic E-state index is -4.65. The van der Waals surface area contributed by atoms with Gasteiger partial charge in [-0.05, 0) is 63.5 Å². The monoisotopic (exact) mass is 740 g/mol. The molecule has 1 atom stereocenters. The number of carbonyl (C=O) groups excluding carboxylic acids is 2. The molecular formula is C36H43F3N8O4S. The van der Waals surface area contributed by atoms with E-state index in [2.05, 4.69) is 42.3 Å². The molecule has 1 aromatic carbocycles. The van der Waals surface area contributed by atoms with Gasteiger partial charge in [0.15, 0.2) is 5.69 Å². The second-order valence-corrected chi connectivity index (χ2v) is 14.1. The normalized spacial score (nSPS) is 17.5. The Morgan fingerprint density at radius 1 is 1.04 bits per heavy atom. The highest BCUT2D eigenvalue weighted by atomic mass is 32.1. The number of likely N-dealkylation sites (N-methyl/N-ethyl adjacent to an activating group) is 1. The van der Waals surface area contributed by atoms with E-state index >= 15 is 0 Å². The van der Waals surface area contributed by atoms with Crippen LogP contribution in [0.15, 0.2) is 46.8 Å². The molecule has 0 spiro atoms. The van der Waals surface area contributed by atoms with Crippen molar-refractivity contribution in [3.63, 3.8) is 0 Å². The summed E-state index contributed by atoms with van der Waals surface area (Å²) in [6.45, 7) is 12.6. The van der Waals surface area contributed by atoms with Gasteiger partial charge < -0.3 is 24.4 Å². The van der Waals surface area contributed by atoms with E-state index in [1.54, 1.807) is 38.2 Å². The van der Waals surface area contributed by atoms with Crippen molar-refractivity contribution >= 4 is 40.1 Å². The number of aromatic nitrogens is 3. The number of nitrogens with zero attached hydrogens (tertiary/aromatic N) is 6. The van der Waals surface area contributed by atoms with Crippen LogP contribution < -0.4 is 16.1 Å². The van der Waals surface area contributed by atoms with Crippen LogP contribution >= 0.6 is 11.3 Å². The van der Waals surface area contributed by atoms with Crippen molar-refractivity contribution in [3.05, 3.63) is 63.5 Å². The Labute approximate surface area is 303 Å². The maximum atomic E-state index is 13.9. The molecule has 0 aliphatic carbocycles. The van der Waals surface area contributed by atoms with Crippen molar-refractivity contribution in [3.8, 4) is 21.7 Å². The number of urea groups is 1. The standard InChI is InChI=1S/C36H43F3N8O4S/c1-4-40-35(50)43-31-17-25(33-42-30(22-52-33)36(37,38)39)27(18-41-31)24-6-7-29-26(16-24)32(48)28(34(49)51-5-2)21-47(29)20-23-8-9-46(19-23)15-14-45-12-10-44(3)11-13-45/h6-7,16-18,21-23H,4-5,8-15,19-20H2,1-3H3,(H2,40,41,43,50). The summed E-state index contributed by atoms with van der Waals surface area (Å²) < 4.78 is 47.9. The minimum absolute atomic E-state index is 0.0554. The topological polar surface area (TPSA) is 125 Å². The zero-order valence-electron chi connectivity index (χ0n) is 29.5. The summed E-state index contributed by atoms with van der Waals surface area (Å²) in [5, 5.41) is 6.43. The molecule has 0 saturated carbocycles. The number of pyridine rings is 2. The van der Waals surface area contributed by atoms with E-state index in [-0.39, 0.29) is 33.9 Å². The van der Waals surface area contributed by atoms with Gasteiger partial charge in [0.1, 0.15) is 16.4 Å². The quantitative estimate of drug-likeness (QED) is 0.203. The molecular weight excluding hydrogens is 698 g/mol. The van der Waals surface area contributed by atoms with E-state index in [4.69, 9.17) is 4.74 Å². The Morgan fingerprint density at radius 3 is 2.52 bits per heavy atom. The highest BCUT2D eigenvalue weighted by Gasteiger charge is 2.34. The van der Waals surface area contributed by atoms with Crippen LogP contribution in [0.4, 0.5) is 23.8 Å². The first kappa shape index (κ1) is 37.4. The van der Waals surface area contributed by atoms with E-state index in [1.807, 2.05) is 4.57 Å². The minimum Gasteiger partial charge on any atom is -0.462 e. The third kappa shape index (κ3) is 8.62. The summed E-state index contributed by atoms with van der Waals surface area (Å²) in [7, 11) is 2.15. The van der Waals surface area contributed by atoms with Gasteiger partial charge in [-0.15, -0.1) is 11.3 Å². The van der Waals surface area contributed by atoms with E-state index in [1.165, 1.54) is 12.3 Å². The largest absolute Gasteiger partial charge is 0.462 e.